The molecular weight excluding hydrogens is 440 g/mol. The van der Waals surface area contributed by atoms with Crippen LogP contribution in [0.1, 0.15) is 25.7 Å². The molecule has 0 aromatic rings. The zero-order chi connectivity index (χ0) is 24.8. The number of rotatable bonds is 17. The van der Waals surface area contributed by atoms with Gasteiger partial charge in [-0.05, 0) is 25.7 Å². The first kappa shape index (κ1) is 30.5. The van der Waals surface area contributed by atoms with E-state index in [1.807, 2.05) is 0 Å². The van der Waals surface area contributed by atoms with E-state index in [-0.39, 0.29) is 13.2 Å². The molecule has 0 aromatic heterocycles. The molecule has 0 aliphatic carbocycles. The summed E-state index contributed by atoms with van der Waals surface area (Å²) in [5.74, 6) is -2.45. The van der Waals surface area contributed by atoms with Gasteiger partial charge in [0.25, 0.3) is 0 Å². The highest BCUT2D eigenvalue weighted by atomic mass is 16.6. The summed E-state index contributed by atoms with van der Waals surface area (Å²) in [5.41, 5.74) is 0. The van der Waals surface area contributed by atoms with Crippen molar-refractivity contribution in [2.24, 2.45) is 0 Å². The second-order valence-corrected chi connectivity index (χ2v) is 7.10. The molecule has 0 saturated heterocycles. The minimum absolute atomic E-state index is 0.128. The van der Waals surface area contributed by atoms with E-state index in [0.717, 1.165) is 0 Å². The summed E-state index contributed by atoms with van der Waals surface area (Å²) in [6, 6.07) is 0. The van der Waals surface area contributed by atoms with Crippen molar-refractivity contribution in [2.75, 3.05) is 26.4 Å². The predicted octanol–water partition coefficient (Wildman–Crippen LogP) is -5.49. The maximum absolute atomic E-state index is 11.6. The molecule has 0 rings (SSSR count). The number of unbranched alkanes of at least 4 members (excludes halogenated alkanes) is 3. The van der Waals surface area contributed by atoms with E-state index in [4.69, 9.17) is 19.7 Å². The van der Waals surface area contributed by atoms with Crippen molar-refractivity contribution >= 4 is 11.9 Å². The van der Waals surface area contributed by atoms with Gasteiger partial charge in [-0.15, -0.1) is 0 Å². The minimum Gasteiger partial charge on any atom is -0.464 e. The third-order valence-electron chi connectivity index (χ3n) is 4.52. The Morgan fingerprint density at radius 2 is 0.844 bits per heavy atom. The van der Waals surface area contributed by atoms with Crippen LogP contribution in [0, 0.1) is 0 Å². The summed E-state index contributed by atoms with van der Waals surface area (Å²) in [6.45, 7) is -2.03. The normalized spacial score (nSPS) is 19.2. The molecule has 0 amide bonds. The Bertz CT molecular complexity index is 486. The predicted molar refractivity (Wildman–Crippen MR) is 103 cm³/mol. The van der Waals surface area contributed by atoms with Crippen molar-refractivity contribution in [3.05, 3.63) is 0 Å². The van der Waals surface area contributed by atoms with E-state index in [9.17, 15) is 50.4 Å². The zero-order valence-electron chi connectivity index (χ0n) is 17.4. The molecule has 0 heterocycles. The van der Waals surface area contributed by atoms with Crippen molar-refractivity contribution in [1.82, 2.24) is 0 Å². The van der Waals surface area contributed by atoms with Gasteiger partial charge in [-0.25, -0.2) is 9.59 Å². The molecule has 0 radical (unpaired) electrons. The van der Waals surface area contributed by atoms with E-state index in [1.165, 1.54) is 0 Å². The van der Waals surface area contributed by atoms with Crippen LogP contribution in [0.5, 0.6) is 0 Å². The molecule has 0 aliphatic rings. The molecule has 190 valence electrons. The van der Waals surface area contributed by atoms with Gasteiger partial charge < -0.3 is 60.5 Å². The number of ether oxygens (including phenoxy) is 2. The summed E-state index contributed by atoms with van der Waals surface area (Å²) in [7, 11) is 0. The fraction of sp³-hybridized carbons (Fsp3) is 0.889. The fourth-order valence-corrected chi connectivity index (χ4v) is 2.40. The van der Waals surface area contributed by atoms with Crippen molar-refractivity contribution in [3.8, 4) is 0 Å². The standard InChI is InChI=1S/C18H34O14/c19-7-9(21)11(23)13(25)15(27)17(29)31-5-3-1-2-4-6-32-18(30)16(28)14(26)12(24)10(22)8-20/h9-16,19-28H,1-8H2/t9-,10-,11-,12-,13+,14+,15-,16-/m1/s1. The van der Waals surface area contributed by atoms with E-state index >= 15 is 0 Å². The van der Waals surface area contributed by atoms with Crippen LogP contribution in [-0.2, 0) is 19.1 Å². The number of carbonyl (C=O) groups excluding carboxylic acids is 2. The van der Waals surface area contributed by atoms with Crippen LogP contribution in [0.25, 0.3) is 0 Å². The number of aliphatic hydroxyl groups excluding tert-OH is 10. The summed E-state index contributed by atoms with van der Waals surface area (Å²) in [6.07, 6.45) is -14.1. The van der Waals surface area contributed by atoms with Gasteiger partial charge >= 0.3 is 11.9 Å². The molecular formula is C18H34O14. The van der Waals surface area contributed by atoms with Gasteiger partial charge in [0, 0.05) is 0 Å². The monoisotopic (exact) mass is 474 g/mol. The summed E-state index contributed by atoms with van der Waals surface area (Å²) >= 11 is 0. The summed E-state index contributed by atoms with van der Waals surface area (Å²) in [4.78, 5) is 23.2. The molecule has 0 bridgehead atoms. The van der Waals surface area contributed by atoms with E-state index < -0.39 is 74.0 Å². The Morgan fingerprint density at radius 3 is 1.12 bits per heavy atom. The molecule has 0 saturated carbocycles. The largest absolute Gasteiger partial charge is 0.464 e. The Kier molecular flexibility index (Phi) is 15.5. The minimum atomic E-state index is -2.12. The Hall–Kier alpha value is -1.46. The van der Waals surface area contributed by atoms with Crippen LogP contribution in [0.3, 0.4) is 0 Å². The maximum Gasteiger partial charge on any atom is 0.337 e. The average molecular weight is 474 g/mol. The molecule has 8 atom stereocenters. The van der Waals surface area contributed by atoms with E-state index in [1.54, 1.807) is 0 Å². The number of carbonyl (C=O) groups is 2. The molecule has 0 aromatic carbocycles. The molecule has 14 nitrogen and oxygen atoms in total. The van der Waals surface area contributed by atoms with Crippen LogP contribution in [-0.4, -0.2) is 138 Å². The molecule has 0 aliphatic heterocycles. The van der Waals surface area contributed by atoms with Crippen molar-refractivity contribution in [1.29, 1.82) is 0 Å². The maximum atomic E-state index is 11.6. The van der Waals surface area contributed by atoms with Crippen molar-refractivity contribution in [2.45, 2.75) is 74.5 Å². The molecule has 32 heavy (non-hydrogen) atoms. The quantitative estimate of drug-likeness (QED) is 0.0697. The molecule has 0 spiro atoms. The van der Waals surface area contributed by atoms with Gasteiger partial charge in [0.1, 0.15) is 36.6 Å². The number of hydrogen-bond acceptors (Lipinski definition) is 14. The average Bonchev–Trinajstić information content (AvgIpc) is 2.80. The van der Waals surface area contributed by atoms with Crippen LogP contribution < -0.4 is 0 Å². The number of aliphatic hydroxyl groups is 10. The van der Waals surface area contributed by atoms with Crippen LogP contribution in [0.15, 0.2) is 0 Å². The Morgan fingerprint density at radius 1 is 0.531 bits per heavy atom. The Balaban J connectivity index is 4.00. The lowest BCUT2D eigenvalue weighted by atomic mass is 10.0. The highest BCUT2D eigenvalue weighted by molar-refractivity contribution is 5.75. The van der Waals surface area contributed by atoms with E-state index in [0.29, 0.717) is 25.7 Å². The molecule has 10 N–H and O–H groups in total. The molecule has 0 unspecified atom stereocenters. The highest BCUT2D eigenvalue weighted by Gasteiger charge is 2.36. The molecule has 0 fully saturated rings. The van der Waals surface area contributed by atoms with Gasteiger partial charge in [0.2, 0.25) is 0 Å². The van der Waals surface area contributed by atoms with Gasteiger partial charge in [0.15, 0.2) is 12.2 Å². The SMILES string of the molecule is O=C(OCCCCCCOC(=O)[C@H](O)[C@@H](O)[C@H](O)[C@H](O)CO)[C@H](O)[C@@H](O)[C@H](O)[C@H](O)CO. The first-order valence-electron chi connectivity index (χ1n) is 9.99. The smallest absolute Gasteiger partial charge is 0.337 e. The lowest BCUT2D eigenvalue weighted by molar-refractivity contribution is -0.171. The first-order valence-corrected chi connectivity index (χ1v) is 9.99. The topological polar surface area (TPSA) is 255 Å². The van der Waals surface area contributed by atoms with Crippen LogP contribution in [0.2, 0.25) is 0 Å². The van der Waals surface area contributed by atoms with Crippen molar-refractivity contribution in [3.63, 3.8) is 0 Å². The zero-order valence-corrected chi connectivity index (χ0v) is 17.4. The molecule has 14 heteroatoms. The second-order valence-electron chi connectivity index (χ2n) is 7.10. The number of hydrogen-bond donors (Lipinski definition) is 10. The fourth-order valence-electron chi connectivity index (χ4n) is 2.40. The lowest BCUT2D eigenvalue weighted by Gasteiger charge is -2.24. The van der Waals surface area contributed by atoms with Gasteiger partial charge in [-0.2, -0.15) is 0 Å². The van der Waals surface area contributed by atoms with Gasteiger partial charge in [-0.3, -0.25) is 0 Å². The van der Waals surface area contributed by atoms with Crippen LogP contribution in [0.4, 0.5) is 0 Å². The highest BCUT2D eigenvalue weighted by Crippen LogP contribution is 2.09. The van der Waals surface area contributed by atoms with Crippen molar-refractivity contribution < 1.29 is 70.1 Å². The van der Waals surface area contributed by atoms with Gasteiger partial charge in [-0.1, -0.05) is 0 Å². The first-order chi connectivity index (χ1) is 15.0. The van der Waals surface area contributed by atoms with E-state index in [2.05, 4.69) is 0 Å². The number of esters is 2. The summed E-state index contributed by atoms with van der Waals surface area (Å²) < 4.78 is 9.46. The summed E-state index contributed by atoms with van der Waals surface area (Å²) in [5, 5.41) is 92.9. The second kappa shape index (κ2) is 16.2. The third kappa shape index (κ3) is 10.4. The lowest BCUT2D eigenvalue weighted by Crippen LogP contribution is -2.49. The van der Waals surface area contributed by atoms with Gasteiger partial charge in [0.05, 0.1) is 26.4 Å². The Labute approximate surface area is 183 Å². The van der Waals surface area contributed by atoms with Crippen LogP contribution >= 0.6 is 0 Å². The third-order valence-corrected chi connectivity index (χ3v) is 4.52.